The second-order valence-corrected chi connectivity index (χ2v) is 7.40. The van der Waals surface area contributed by atoms with Gasteiger partial charge >= 0.3 is 5.97 Å². The minimum Gasteiger partial charge on any atom is -0.460 e. The van der Waals surface area contributed by atoms with Crippen LogP contribution < -0.4 is 0 Å². The van der Waals surface area contributed by atoms with Crippen molar-refractivity contribution in [1.82, 2.24) is 4.90 Å². The Morgan fingerprint density at radius 1 is 1.33 bits per heavy atom. The highest BCUT2D eigenvalue weighted by Crippen LogP contribution is 2.45. The van der Waals surface area contributed by atoms with Gasteiger partial charge < -0.3 is 9.64 Å². The van der Waals surface area contributed by atoms with Crippen molar-refractivity contribution in [3.8, 4) is 0 Å². The van der Waals surface area contributed by atoms with Gasteiger partial charge in [0.25, 0.3) is 0 Å². The van der Waals surface area contributed by atoms with E-state index in [9.17, 15) is 4.79 Å². The van der Waals surface area contributed by atoms with Crippen LogP contribution in [0.3, 0.4) is 0 Å². The van der Waals surface area contributed by atoms with E-state index in [1.807, 2.05) is 20.8 Å². The van der Waals surface area contributed by atoms with Gasteiger partial charge in [0, 0.05) is 6.04 Å². The predicted octanol–water partition coefficient (Wildman–Crippen LogP) is 2.84. The molecular weight excluding hydrogens is 226 g/mol. The highest BCUT2D eigenvalue weighted by molar-refractivity contribution is 5.77. The molecule has 2 atom stereocenters. The van der Waals surface area contributed by atoms with Crippen LogP contribution in [0, 0.1) is 11.3 Å². The summed E-state index contributed by atoms with van der Waals surface area (Å²) < 4.78 is 5.61. The van der Waals surface area contributed by atoms with E-state index in [0.717, 1.165) is 25.3 Å². The lowest BCUT2D eigenvalue weighted by atomic mass is 9.75. The van der Waals surface area contributed by atoms with Crippen LogP contribution >= 0.6 is 0 Å². The van der Waals surface area contributed by atoms with Crippen molar-refractivity contribution < 1.29 is 9.53 Å². The molecule has 0 spiro atoms. The summed E-state index contributed by atoms with van der Waals surface area (Å²) in [5.41, 5.74) is -0.661. The first-order valence-corrected chi connectivity index (χ1v) is 7.15. The molecule has 0 aromatic rings. The molecule has 2 aliphatic rings. The number of carbonyl (C=O) groups is 1. The molecule has 3 heteroatoms. The third-order valence-corrected chi connectivity index (χ3v) is 4.30. The molecule has 1 heterocycles. The summed E-state index contributed by atoms with van der Waals surface area (Å²) >= 11 is 0. The average Bonchev–Trinajstić information content (AvgIpc) is 3.03. The van der Waals surface area contributed by atoms with Crippen LogP contribution in [-0.2, 0) is 9.53 Å². The summed E-state index contributed by atoms with van der Waals surface area (Å²) in [6.45, 7) is 8.94. The Kier molecular flexibility index (Phi) is 3.48. The van der Waals surface area contributed by atoms with Crippen LogP contribution in [0.15, 0.2) is 0 Å². The smallest absolute Gasteiger partial charge is 0.312 e. The zero-order valence-corrected chi connectivity index (χ0v) is 12.5. The molecular formula is C15H27NO2. The quantitative estimate of drug-likeness (QED) is 0.709. The lowest BCUT2D eigenvalue weighted by Gasteiger charge is -2.43. The molecule has 0 radical (unpaired) electrons. The number of nitrogens with zero attached hydrogens (tertiary/aromatic N) is 1. The first kappa shape index (κ1) is 13.9. The van der Waals surface area contributed by atoms with Gasteiger partial charge in [-0.2, -0.15) is 0 Å². The summed E-state index contributed by atoms with van der Waals surface area (Å²) in [5, 5.41) is 0. The summed E-state index contributed by atoms with van der Waals surface area (Å²) in [4.78, 5) is 14.8. The fraction of sp³-hybridized carbons (Fsp3) is 0.933. The van der Waals surface area contributed by atoms with Crippen molar-refractivity contribution in [2.45, 2.75) is 65.0 Å². The van der Waals surface area contributed by atoms with E-state index in [1.165, 1.54) is 12.8 Å². The van der Waals surface area contributed by atoms with Crippen LogP contribution in [-0.4, -0.2) is 36.1 Å². The molecule has 1 saturated carbocycles. The van der Waals surface area contributed by atoms with E-state index in [0.29, 0.717) is 6.04 Å². The van der Waals surface area contributed by atoms with Crippen molar-refractivity contribution in [3.05, 3.63) is 0 Å². The number of rotatable bonds is 2. The first-order valence-electron chi connectivity index (χ1n) is 7.15. The molecule has 18 heavy (non-hydrogen) atoms. The van der Waals surface area contributed by atoms with Crippen LogP contribution in [0.25, 0.3) is 0 Å². The van der Waals surface area contributed by atoms with E-state index in [2.05, 4.69) is 18.9 Å². The SMILES string of the molecule is CN1CCC(C)(C(=O)OC(C)(C)C)CC1C1CC1. The molecule has 1 saturated heterocycles. The van der Waals surface area contributed by atoms with E-state index in [1.54, 1.807) is 0 Å². The van der Waals surface area contributed by atoms with Gasteiger partial charge in [0.1, 0.15) is 5.60 Å². The Morgan fingerprint density at radius 3 is 2.44 bits per heavy atom. The standard InChI is InChI=1S/C15H27NO2/c1-14(2,3)18-13(17)15(4)8-9-16(5)12(10-15)11-6-7-11/h11-12H,6-10H2,1-5H3. The molecule has 3 nitrogen and oxygen atoms in total. The van der Waals surface area contributed by atoms with Crippen LogP contribution in [0.1, 0.15) is 53.4 Å². The normalized spacial score (nSPS) is 34.4. The molecule has 2 fully saturated rings. The maximum atomic E-state index is 12.4. The van der Waals surface area contributed by atoms with Crippen molar-refractivity contribution in [2.24, 2.45) is 11.3 Å². The van der Waals surface area contributed by atoms with Crippen molar-refractivity contribution >= 4 is 5.97 Å². The summed E-state index contributed by atoms with van der Waals surface area (Å²) in [6.07, 6.45) is 4.55. The zero-order chi connectivity index (χ0) is 13.6. The summed E-state index contributed by atoms with van der Waals surface area (Å²) in [6, 6.07) is 0.580. The number of carbonyl (C=O) groups excluding carboxylic acids is 1. The lowest BCUT2D eigenvalue weighted by Crippen LogP contribution is -2.49. The summed E-state index contributed by atoms with van der Waals surface area (Å²) in [5.74, 6) is 0.811. The minimum absolute atomic E-state index is 0.00579. The topological polar surface area (TPSA) is 29.5 Å². The van der Waals surface area contributed by atoms with E-state index >= 15 is 0 Å². The van der Waals surface area contributed by atoms with Crippen molar-refractivity contribution in [2.75, 3.05) is 13.6 Å². The second-order valence-electron chi connectivity index (χ2n) is 7.40. The molecule has 104 valence electrons. The fourth-order valence-corrected chi connectivity index (χ4v) is 2.90. The zero-order valence-electron chi connectivity index (χ0n) is 12.5. The van der Waals surface area contributed by atoms with Gasteiger partial charge in [0.05, 0.1) is 5.41 Å². The maximum absolute atomic E-state index is 12.4. The predicted molar refractivity (Wildman–Crippen MR) is 72.3 cm³/mol. The molecule has 1 aliphatic carbocycles. The van der Waals surface area contributed by atoms with Gasteiger partial charge in [-0.05, 0) is 72.9 Å². The third-order valence-electron chi connectivity index (χ3n) is 4.30. The Balaban J connectivity index is 2.03. The molecule has 0 aromatic heterocycles. The number of ether oxygens (including phenoxy) is 1. The lowest BCUT2D eigenvalue weighted by molar-refractivity contribution is -0.170. The number of hydrogen-bond acceptors (Lipinski definition) is 3. The fourth-order valence-electron chi connectivity index (χ4n) is 2.90. The minimum atomic E-state index is -0.376. The van der Waals surface area contributed by atoms with Gasteiger partial charge in [-0.15, -0.1) is 0 Å². The Morgan fingerprint density at radius 2 is 1.94 bits per heavy atom. The average molecular weight is 253 g/mol. The van der Waals surface area contributed by atoms with Gasteiger partial charge in [-0.3, -0.25) is 4.79 Å². The van der Waals surface area contributed by atoms with Gasteiger partial charge in [-0.25, -0.2) is 0 Å². The van der Waals surface area contributed by atoms with Crippen molar-refractivity contribution in [1.29, 1.82) is 0 Å². The van der Waals surface area contributed by atoms with Gasteiger partial charge in [0.15, 0.2) is 0 Å². The highest BCUT2D eigenvalue weighted by Gasteiger charge is 2.47. The summed E-state index contributed by atoms with van der Waals surface area (Å²) in [7, 11) is 2.19. The molecule has 0 amide bonds. The van der Waals surface area contributed by atoms with Gasteiger partial charge in [-0.1, -0.05) is 0 Å². The Labute approximate surface area is 111 Å². The molecule has 2 rings (SSSR count). The third kappa shape index (κ3) is 3.05. The largest absolute Gasteiger partial charge is 0.460 e. The van der Waals surface area contributed by atoms with Gasteiger partial charge in [0.2, 0.25) is 0 Å². The number of hydrogen-bond donors (Lipinski definition) is 0. The molecule has 2 unspecified atom stereocenters. The molecule has 1 aliphatic heterocycles. The Hall–Kier alpha value is -0.570. The molecule has 0 aromatic carbocycles. The van der Waals surface area contributed by atoms with E-state index in [-0.39, 0.29) is 17.0 Å². The van der Waals surface area contributed by atoms with E-state index < -0.39 is 0 Å². The van der Waals surface area contributed by atoms with E-state index in [4.69, 9.17) is 4.74 Å². The Bertz CT molecular complexity index is 330. The number of esters is 1. The van der Waals surface area contributed by atoms with Crippen LogP contribution in [0.5, 0.6) is 0 Å². The second kappa shape index (κ2) is 4.52. The number of likely N-dealkylation sites (tertiary alicyclic amines) is 1. The molecule has 0 N–H and O–H groups in total. The number of piperidine rings is 1. The highest BCUT2D eigenvalue weighted by atomic mass is 16.6. The first-order chi connectivity index (χ1) is 8.21. The molecule has 0 bridgehead atoms. The van der Waals surface area contributed by atoms with Crippen molar-refractivity contribution in [3.63, 3.8) is 0 Å². The monoisotopic (exact) mass is 253 g/mol. The van der Waals surface area contributed by atoms with Crippen LogP contribution in [0.4, 0.5) is 0 Å². The van der Waals surface area contributed by atoms with Crippen LogP contribution in [0.2, 0.25) is 0 Å². The maximum Gasteiger partial charge on any atom is 0.312 e.